The van der Waals surface area contributed by atoms with Gasteiger partial charge >= 0.3 is 0 Å². The zero-order chi connectivity index (χ0) is 20.1. The zero-order valence-corrected chi connectivity index (χ0v) is 16.2. The number of aromatic amines is 2. The maximum atomic E-state index is 4.59. The normalized spacial score (nSPS) is 11.5. The van der Waals surface area contributed by atoms with Crippen LogP contribution in [0.4, 0.5) is 0 Å². The van der Waals surface area contributed by atoms with Crippen molar-refractivity contribution in [3.8, 4) is 33.9 Å². The van der Waals surface area contributed by atoms with E-state index in [4.69, 9.17) is 0 Å². The quantitative estimate of drug-likeness (QED) is 0.463. The highest BCUT2D eigenvalue weighted by molar-refractivity contribution is 6.00. The third kappa shape index (κ3) is 2.60. The van der Waals surface area contributed by atoms with Crippen molar-refractivity contribution in [3.05, 3.63) is 73.3 Å². The molecule has 0 bridgehead atoms. The number of nitrogens with one attached hydrogen (secondary N) is 2. The van der Waals surface area contributed by atoms with Crippen LogP contribution in [0.1, 0.15) is 0 Å². The van der Waals surface area contributed by atoms with Crippen LogP contribution in [0.2, 0.25) is 0 Å². The molecule has 0 saturated heterocycles. The van der Waals surface area contributed by atoms with E-state index in [1.807, 2.05) is 43.7 Å². The number of pyridine rings is 2. The molecule has 2 N–H and O–H groups in total. The van der Waals surface area contributed by atoms with Crippen LogP contribution in [0.3, 0.4) is 0 Å². The highest BCUT2D eigenvalue weighted by Crippen LogP contribution is 2.33. The first-order valence-electron chi connectivity index (χ1n) is 9.63. The number of rotatable bonds is 3. The summed E-state index contributed by atoms with van der Waals surface area (Å²) in [5.74, 6) is 0. The van der Waals surface area contributed by atoms with Gasteiger partial charge in [-0.15, -0.1) is 0 Å². The van der Waals surface area contributed by atoms with Crippen molar-refractivity contribution in [1.29, 1.82) is 0 Å². The first kappa shape index (κ1) is 16.7. The number of benzene rings is 1. The van der Waals surface area contributed by atoms with Crippen LogP contribution in [0, 0.1) is 0 Å². The Labute approximate surface area is 171 Å². The van der Waals surface area contributed by atoms with Crippen LogP contribution in [0.25, 0.3) is 55.7 Å². The largest absolute Gasteiger partial charge is 0.353 e. The van der Waals surface area contributed by atoms with Crippen molar-refractivity contribution < 1.29 is 0 Å². The van der Waals surface area contributed by atoms with Crippen molar-refractivity contribution in [2.75, 3.05) is 0 Å². The molecule has 6 aromatic rings. The van der Waals surface area contributed by atoms with Gasteiger partial charge in [0.1, 0.15) is 5.69 Å². The Morgan fingerprint density at radius 1 is 0.833 bits per heavy atom. The Morgan fingerprint density at radius 2 is 1.77 bits per heavy atom. The lowest BCUT2D eigenvalue weighted by Gasteiger charge is -2.00. The highest BCUT2D eigenvalue weighted by Gasteiger charge is 2.15. The number of fused-ring (bicyclic) bond motifs is 2. The van der Waals surface area contributed by atoms with Gasteiger partial charge in [-0.05, 0) is 42.0 Å². The first-order chi connectivity index (χ1) is 14.8. The van der Waals surface area contributed by atoms with Gasteiger partial charge < -0.3 is 4.98 Å². The molecule has 5 heterocycles. The smallest absolute Gasteiger partial charge is 0.116 e. The molecule has 0 aliphatic heterocycles. The fourth-order valence-corrected chi connectivity index (χ4v) is 3.86. The van der Waals surface area contributed by atoms with E-state index in [1.165, 1.54) is 0 Å². The maximum Gasteiger partial charge on any atom is 0.116 e. The molecular weight excluding hydrogens is 374 g/mol. The number of hydrogen-bond donors (Lipinski definition) is 2. The van der Waals surface area contributed by atoms with Gasteiger partial charge in [-0.25, -0.2) is 0 Å². The second-order valence-corrected chi connectivity index (χ2v) is 7.25. The monoisotopic (exact) mass is 391 g/mol. The molecule has 0 amide bonds. The summed E-state index contributed by atoms with van der Waals surface area (Å²) >= 11 is 0. The second-order valence-electron chi connectivity index (χ2n) is 7.25. The molecule has 0 spiro atoms. The van der Waals surface area contributed by atoms with Crippen LogP contribution >= 0.6 is 0 Å². The van der Waals surface area contributed by atoms with E-state index in [0.717, 1.165) is 55.7 Å². The minimum atomic E-state index is 0.847. The van der Waals surface area contributed by atoms with Crippen LogP contribution in [0.5, 0.6) is 0 Å². The van der Waals surface area contributed by atoms with Gasteiger partial charge in [0, 0.05) is 47.5 Å². The molecule has 6 rings (SSSR count). The molecule has 0 aliphatic rings. The van der Waals surface area contributed by atoms with E-state index in [2.05, 4.69) is 54.5 Å². The Kier molecular flexibility index (Phi) is 3.55. The summed E-state index contributed by atoms with van der Waals surface area (Å²) in [6, 6.07) is 16.2. The fourth-order valence-electron chi connectivity index (χ4n) is 3.86. The highest BCUT2D eigenvalue weighted by atomic mass is 15.2. The summed E-state index contributed by atoms with van der Waals surface area (Å²) in [6.45, 7) is 0. The molecule has 5 aromatic heterocycles. The molecule has 144 valence electrons. The SMILES string of the molecule is Cn1cc(-c2ccc3[nH]nc(-c4cc5c(-c6ccccn6)nccc5[nH]4)c3c2)cn1. The third-order valence-electron chi connectivity index (χ3n) is 5.31. The second kappa shape index (κ2) is 6.38. The van der Waals surface area contributed by atoms with E-state index in [9.17, 15) is 0 Å². The lowest BCUT2D eigenvalue weighted by atomic mass is 10.1. The number of aryl methyl sites for hydroxylation is 1. The Morgan fingerprint density at radius 3 is 2.60 bits per heavy atom. The molecule has 7 nitrogen and oxygen atoms in total. The average Bonchev–Trinajstić information content (AvgIpc) is 3.50. The minimum Gasteiger partial charge on any atom is -0.353 e. The van der Waals surface area contributed by atoms with Crippen molar-refractivity contribution in [2.45, 2.75) is 0 Å². The van der Waals surface area contributed by atoms with Crippen molar-refractivity contribution in [1.82, 2.24) is 34.9 Å². The predicted octanol–water partition coefficient (Wildman–Crippen LogP) is 4.57. The lowest BCUT2D eigenvalue weighted by molar-refractivity contribution is 0.768. The third-order valence-corrected chi connectivity index (χ3v) is 5.31. The van der Waals surface area contributed by atoms with E-state index in [0.29, 0.717) is 0 Å². The summed E-state index contributed by atoms with van der Waals surface area (Å²) < 4.78 is 1.81. The summed E-state index contributed by atoms with van der Waals surface area (Å²) in [7, 11) is 1.92. The van der Waals surface area contributed by atoms with Gasteiger partial charge in [-0.3, -0.25) is 19.7 Å². The number of H-pyrrole nitrogens is 2. The Bertz CT molecular complexity index is 1510. The standard InChI is InChI=1S/C23H17N7/c1-30-13-15(12-26-30)14-5-6-19-16(10-14)23(29-28-19)21-11-17-18(27-21)7-9-25-22(17)20-4-2-3-8-24-20/h2-13,27H,1H3,(H,28,29). The molecule has 0 radical (unpaired) electrons. The van der Waals surface area contributed by atoms with Gasteiger partial charge in [0.15, 0.2) is 0 Å². The van der Waals surface area contributed by atoms with Crippen LogP contribution in [-0.2, 0) is 7.05 Å². The molecule has 0 aliphatic carbocycles. The van der Waals surface area contributed by atoms with Crippen LogP contribution in [-0.4, -0.2) is 34.9 Å². The van der Waals surface area contributed by atoms with E-state index >= 15 is 0 Å². The molecule has 0 atom stereocenters. The molecule has 0 unspecified atom stereocenters. The van der Waals surface area contributed by atoms with Gasteiger partial charge in [-0.1, -0.05) is 12.1 Å². The summed E-state index contributed by atoms with van der Waals surface area (Å²) in [5.41, 5.74) is 7.67. The van der Waals surface area contributed by atoms with E-state index < -0.39 is 0 Å². The summed E-state index contributed by atoms with van der Waals surface area (Å²) in [4.78, 5) is 12.5. The van der Waals surface area contributed by atoms with Crippen molar-refractivity contribution in [2.24, 2.45) is 7.05 Å². The molecular formula is C23H17N7. The number of aromatic nitrogens is 7. The molecule has 1 aromatic carbocycles. The summed E-state index contributed by atoms with van der Waals surface area (Å²) in [5, 5.41) is 14.1. The molecule has 0 fully saturated rings. The lowest BCUT2D eigenvalue weighted by Crippen LogP contribution is -1.86. The maximum absolute atomic E-state index is 4.59. The first-order valence-corrected chi connectivity index (χ1v) is 9.63. The molecule has 30 heavy (non-hydrogen) atoms. The van der Waals surface area contributed by atoms with E-state index in [-0.39, 0.29) is 0 Å². The van der Waals surface area contributed by atoms with Crippen LogP contribution in [0.15, 0.2) is 73.3 Å². The average molecular weight is 391 g/mol. The number of nitrogens with zero attached hydrogens (tertiary/aromatic N) is 5. The van der Waals surface area contributed by atoms with Crippen LogP contribution < -0.4 is 0 Å². The van der Waals surface area contributed by atoms with Gasteiger partial charge in [0.2, 0.25) is 0 Å². The fraction of sp³-hybridized carbons (Fsp3) is 0.0435. The summed E-state index contributed by atoms with van der Waals surface area (Å²) in [6.07, 6.45) is 7.46. The number of hydrogen-bond acceptors (Lipinski definition) is 4. The molecule has 0 saturated carbocycles. The van der Waals surface area contributed by atoms with Gasteiger partial charge in [0.05, 0.1) is 28.8 Å². The van der Waals surface area contributed by atoms with Gasteiger partial charge in [0.25, 0.3) is 0 Å². The molecule has 7 heteroatoms. The minimum absolute atomic E-state index is 0.847. The Hall–Kier alpha value is -4.26. The zero-order valence-electron chi connectivity index (χ0n) is 16.2. The Balaban J connectivity index is 1.52. The van der Waals surface area contributed by atoms with E-state index in [1.54, 1.807) is 17.1 Å². The topological polar surface area (TPSA) is 88.1 Å². The van der Waals surface area contributed by atoms with Gasteiger partial charge in [-0.2, -0.15) is 10.2 Å². The van der Waals surface area contributed by atoms with Crippen molar-refractivity contribution in [3.63, 3.8) is 0 Å². The predicted molar refractivity (Wildman–Crippen MR) is 117 cm³/mol. The van der Waals surface area contributed by atoms with Crippen molar-refractivity contribution >= 4 is 21.8 Å².